The van der Waals surface area contributed by atoms with Crippen molar-refractivity contribution in [3.8, 4) is 0 Å². The van der Waals surface area contributed by atoms with Crippen molar-refractivity contribution in [3.05, 3.63) is 29.8 Å². The number of methoxy groups -OCH3 is 1. The molecule has 0 unspecified atom stereocenters. The van der Waals surface area contributed by atoms with Crippen molar-refractivity contribution in [1.82, 2.24) is 9.80 Å². The number of hydrogen-bond donors (Lipinski definition) is 1. The smallest absolute Gasteiger partial charge is 0.391 e. The molecule has 0 aromatic heterocycles. The molecule has 1 spiro atoms. The summed E-state index contributed by atoms with van der Waals surface area (Å²) in [6.45, 7) is 4.38. The zero-order valence-electron chi connectivity index (χ0n) is 19.9. The van der Waals surface area contributed by atoms with Crippen LogP contribution in [0, 0.1) is 5.41 Å². The van der Waals surface area contributed by atoms with Crippen LogP contribution in [0.25, 0.3) is 0 Å². The van der Waals surface area contributed by atoms with Crippen molar-refractivity contribution in [2.75, 3.05) is 57.9 Å². The minimum Gasteiger partial charge on any atom is -0.391 e. The minimum atomic E-state index is -4.39. The molecule has 3 aliphatic rings. The van der Waals surface area contributed by atoms with Gasteiger partial charge >= 0.3 is 6.18 Å². The maximum atomic E-state index is 13.1. The van der Waals surface area contributed by atoms with E-state index in [0.29, 0.717) is 31.9 Å². The first-order valence-electron chi connectivity index (χ1n) is 12.3. The van der Waals surface area contributed by atoms with Crippen molar-refractivity contribution in [1.29, 1.82) is 0 Å². The molecular formula is C25H36F3N3O3. The lowest BCUT2D eigenvalue weighted by atomic mass is 9.90. The number of anilines is 1. The van der Waals surface area contributed by atoms with Crippen molar-refractivity contribution in [2.45, 2.75) is 56.8 Å². The summed E-state index contributed by atoms with van der Waals surface area (Å²) in [5.74, 6) is 0.0144. The van der Waals surface area contributed by atoms with E-state index in [2.05, 4.69) is 4.90 Å². The molecule has 0 radical (unpaired) electrons. The van der Waals surface area contributed by atoms with Crippen LogP contribution in [0.3, 0.4) is 0 Å². The molecule has 1 aromatic rings. The van der Waals surface area contributed by atoms with E-state index in [4.69, 9.17) is 4.74 Å². The third-order valence-electron chi connectivity index (χ3n) is 7.83. The van der Waals surface area contributed by atoms with E-state index in [-0.39, 0.29) is 29.9 Å². The standard InChI is InChI=1S/C25H36F3N3O3/c1-34-18-21(6-3-11-29-13-10-24(8-9-24)22(32)17-29)31-15-14-30(12-7-23(31)33)20-5-2-4-19(16-20)25(26,27)28/h2,4-5,16,21-22,32H,3,6-15,17-18H2,1H3/t21-,22-/m1/s1. The summed E-state index contributed by atoms with van der Waals surface area (Å²) in [7, 11) is 1.63. The number of carbonyl (C=O) groups excluding carboxylic acids is 1. The number of rotatable bonds is 8. The zero-order chi connectivity index (χ0) is 24.3. The van der Waals surface area contributed by atoms with Crippen LogP contribution in [0.15, 0.2) is 24.3 Å². The number of halogens is 3. The number of β-amino-alcohol motifs (C(OH)–C–C–N with tert-alkyl or cyclic N) is 1. The highest BCUT2D eigenvalue weighted by Crippen LogP contribution is 2.53. The monoisotopic (exact) mass is 483 g/mol. The molecule has 0 bridgehead atoms. The van der Waals surface area contributed by atoms with Gasteiger partial charge in [0.15, 0.2) is 0 Å². The highest BCUT2D eigenvalue weighted by Gasteiger charge is 2.51. The summed E-state index contributed by atoms with van der Waals surface area (Å²) in [6, 6.07) is 5.24. The highest BCUT2D eigenvalue weighted by atomic mass is 19.4. The Kier molecular flexibility index (Phi) is 7.74. The van der Waals surface area contributed by atoms with Crippen molar-refractivity contribution in [3.63, 3.8) is 0 Å². The van der Waals surface area contributed by atoms with Gasteiger partial charge in [-0.1, -0.05) is 6.07 Å². The van der Waals surface area contributed by atoms with Gasteiger partial charge in [-0.3, -0.25) is 4.79 Å². The molecule has 3 fully saturated rings. The second kappa shape index (κ2) is 10.4. The van der Waals surface area contributed by atoms with Gasteiger partial charge in [-0.15, -0.1) is 0 Å². The van der Waals surface area contributed by atoms with Crippen molar-refractivity contribution < 1.29 is 27.8 Å². The van der Waals surface area contributed by atoms with Gasteiger partial charge in [-0.25, -0.2) is 0 Å². The number of amides is 1. The van der Waals surface area contributed by atoms with Gasteiger partial charge in [0, 0.05) is 45.4 Å². The summed E-state index contributed by atoms with van der Waals surface area (Å²) in [6.07, 6.45) is 0.679. The van der Waals surface area contributed by atoms with Gasteiger partial charge in [0.2, 0.25) is 5.91 Å². The fraction of sp³-hybridized carbons (Fsp3) is 0.720. The van der Waals surface area contributed by atoms with Crippen molar-refractivity contribution >= 4 is 11.6 Å². The van der Waals surface area contributed by atoms with Crippen LogP contribution >= 0.6 is 0 Å². The van der Waals surface area contributed by atoms with Gasteiger partial charge in [0.05, 0.1) is 24.3 Å². The third kappa shape index (κ3) is 5.86. The third-order valence-corrected chi connectivity index (χ3v) is 7.83. The van der Waals surface area contributed by atoms with Crippen LogP contribution in [-0.4, -0.2) is 85.9 Å². The number of benzene rings is 1. The first-order chi connectivity index (χ1) is 16.2. The Balaban J connectivity index is 1.32. The number of ether oxygens (including phenoxy) is 1. The predicted octanol–water partition coefficient (Wildman–Crippen LogP) is 3.39. The summed E-state index contributed by atoms with van der Waals surface area (Å²) in [5, 5.41) is 10.4. The van der Waals surface area contributed by atoms with Crippen LogP contribution in [0.4, 0.5) is 18.9 Å². The molecule has 1 saturated carbocycles. The molecule has 6 nitrogen and oxygen atoms in total. The number of hydrogen-bond acceptors (Lipinski definition) is 5. The number of piperidine rings is 1. The Morgan fingerprint density at radius 1 is 1.18 bits per heavy atom. The predicted molar refractivity (Wildman–Crippen MR) is 124 cm³/mol. The Morgan fingerprint density at radius 2 is 1.97 bits per heavy atom. The number of likely N-dealkylation sites (tertiary alicyclic amines) is 1. The molecule has 1 N–H and O–H groups in total. The fourth-order valence-corrected chi connectivity index (χ4v) is 5.46. The molecule has 9 heteroatoms. The molecule has 1 amide bonds. The quantitative estimate of drug-likeness (QED) is 0.615. The van der Waals surface area contributed by atoms with Crippen LogP contribution in [0.5, 0.6) is 0 Å². The van der Waals surface area contributed by atoms with Gasteiger partial charge in [0.1, 0.15) is 0 Å². The molecular weight excluding hydrogens is 447 g/mol. The summed E-state index contributed by atoms with van der Waals surface area (Å²) in [5.41, 5.74) is 0.00830. The maximum Gasteiger partial charge on any atom is 0.416 e. The molecule has 2 saturated heterocycles. The highest BCUT2D eigenvalue weighted by molar-refractivity contribution is 5.78. The maximum absolute atomic E-state index is 13.1. The van der Waals surface area contributed by atoms with Crippen LogP contribution in [-0.2, 0) is 15.7 Å². The largest absolute Gasteiger partial charge is 0.416 e. The topological polar surface area (TPSA) is 56.3 Å². The zero-order valence-corrected chi connectivity index (χ0v) is 19.9. The van der Waals surface area contributed by atoms with E-state index < -0.39 is 11.7 Å². The summed E-state index contributed by atoms with van der Waals surface area (Å²) < 4.78 is 44.8. The lowest BCUT2D eigenvalue weighted by Gasteiger charge is -2.37. The molecule has 4 rings (SSSR count). The Hall–Kier alpha value is -1.84. The lowest BCUT2D eigenvalue weighted by molar-refractivity contribution is -0.137. The summed E-state index contributed by atoms with van der Waals surface area (Å²) in [4.78, 5) is 19.0. The van der Waals surface area contributed by atoms with E-state index in [1.165, 1.54) is 6.07 Å². The molecule has 1 aromatic carbocycles. The Bertz CT molecular complexity index is 846. The molecule has 2 heterocycles. The van der Waals surface area contributed by atoms with E-state index in [1.807, 2.05) is 9.80 Å². The normalized spacial score (nSPS) is 24.4. The number of nitrogens with zero attached hydrogens (tertiary/aromatic N) is 3. The van der Waals surface area contributed by atoms with Gasteiger partial charge in [-0.2, -0.15) is 13.2 Å². The van der Waals surface area contributed by atoms with E-state index in [9.17, 15) is 23.1 Å². The minimum absolute atomic E-state index is 0.0144. The molecule has 2 atom stereocenters. The van der Waals surface area contributed by atoms with E-state index in [0.717, 1.165) is 63.9 Å². The SMILES string of the molecule is COC[C@@H](CCCN1CCC2(CC2)[C@H](O)C1)N1CCN(c2cccc(C(F)(F)F)c2)CCC1=O. The number of carbonyl (C=O) groups is 1. The molecule has 1 aliphatic carbocycles. The van der Waals surface area contributed by atoms with E-state index in [1.54, 1.807) is 13.2 Å². The number of alkyl halides is 3. The average Bonchev–Trinajstić information content (AvgIpc) is 3.60. The second-order valence-electron chi connectivity index (χ2n) is 10.1. The Labute approximate surface area is 199 Å². The number of aliphatic hydroxyl groups is 1. The fourth-order valence-electron chi connectivity index (χ4n) is 5.46. The van der Waals surface area contributed by atoms with Gasteiger partial charge < -0.3 is 24.5 Å². The van der Waals surface area contributed by atoms with Gasteiger partial charge in [-0.05, 0) is 68.8 Å². The Morgan fingerprint density at radius 3 is 2.65 bits per heavy atom. The first-order valence-corrected chi connectivity index (χ1v) is 12.3. The number of aliphatic hydroxyl groups excluding tert-OH is 1. The second-order valence-corrected chi connectivity index (χ2v) is 10.1. The van der Waals surface area contributed by atoms with Crippen LogP contribution in [0.2, 0.25) is 0 Å². The van der Waals surface area contributed by atoms with Gasteiger partial charge in [0.25, 0.3) is 0 Å². The molecule has 34 heavy (non-hydrogen) atoms. The molecule has 2 aliphatic heterocycles. The van der Waals surface area contributed by atoms with Crippen LogP contribution < -0.4 is 4.90 Å². The lowest BCUT2D eigenvalue weighted by Crippen LogP contribution is -2.46. The average molecular weight is 484 g/mol. The van der Waals surface area contributed by atoms with Crippen LogP contribution in [0.1, 0.15) is 44.1 Å². The summed E-state index contributed by atoms with van der Waals surface area (Å²) >= 11 is 0. The molecule has 190 valence electrons. The van der Waals surface area contributed by atoms with Crippen molar-refractivity contribution in [2.24, 2.45) is 5.41 Å². The first kappa shape index (κ1) is 25.3. The van der Waals surface area contributed by atoms with E-state index >= 15 is 0 Å².